The van der Waals surface area contributed by atoms with E-state index in [1.807, 2.05) is 6.07 Å². The second kappa shape index (κ2) is 9.43. The number of hydrogen-bond acceptors (Lipinski definition) is 9. The molecule has 1 atom stereocenters. The molecular weight excluding hydrogens is 529 g/mol. The summed E-state index contributed by atoms with van der Waals surface area (Å²) >= 11 is 2.60. The van der Waals surface area contributed by atoms with Crippen LogP contribution in [0.1, 0.15) is 19.3 Å². The molecular formula is C22H26N4O5S4. The van der Waals surface area contributed by atoms with Crippen molar-refractivity contribution in [3.8, 4) is 0 Å². The molecule has 0 N–H and O–H groups in total. The number of sulfonamides is 1. The molecule has 2 saturated heterocycles. The maximum Gasteiger partial charge on any atom is 0.253 e. The molecule has 1 amide bonds. The van der Waals surface area contributed by atoms with Gasteiger partial charge in [0, 0.05) is 39.0 Å². The highest BCUT2D eigenvalue weighted by atomic mass is 32.2. The first-order chi connectivity index (χ1) is 16.7. The fraction of sp³-hybridized carbons (Fsp3) is 0.455. The number of amides is 1. The number of piperazine rings is 1. The number of anilines is 1. The predicted molar refractivity (Wildman–Crippen MR) is 137 cm³/mol. The minimum atomic E-state index is -3.70. The highest BCUT2D eigenvalue weighted by Crippen LogP contribution is 2.33. The van der Waals surface area contributed by atoms with Crippen LogP contribution in [0.2, 0.25) is 0 Å². The molecule has 2 aliphatic heterocycles. The third-order valence-electron chi connectivity index (χ3n) is 6.43. The van der Waals surface area contributed by atoms with E-state index in [-0.39, 0.29) is 15.0 Å². The molecule has 188 valence electrons. The summed E-state index contributed by atoms with van der Waals surface area (Å²) in [6.45, 7) is 2.35. The van der Waals surface area contributed by atoms with Gasteiger partial charge < -0.3 is 9.80 Å². The SMILES string of the molecule is CS(=O)(=O)c1cccc2sc(N3CCN(C(=O)C4CCCCN4S(=O)(=O)c4cccs4)CC3)nc12. The highest BCUT2D eigenvalue weighted by Gasteiger charge is 2.40. The Morgan fingerprint density at radius 2 is 1.77 bits per heavy atom. The van der Waals surface area contributed by atoms with Gasteiger partial charge in [0.2, 0.25) is 5.91 Å². The molecule has 1 unspecified atom stereocenters. The molecule has 3 aromatic rings. The molecule has 0 bridgehead atoms. The molecule has 0 saturated carbocycles. The van der Waals surface area contributed by atoms with Crippen molar-refractivity contribution in [2.24, 2.45) is 0 Å². The van der Waals surface area contributed by atoms with E-state index in [0.717, 1.165) is 22.7 Å². The minimum Gasteiger partial charge on any atom is -0.345 e. The molecule has 2 aliphatic rings. The van der Waals surface area contributed by atoms with E-state index >= 15 is 0 Å². The zero-order valence-electron chi connectivity index (χ0n) is 19.2. The lowest BCUT2D eigenvalue weighted by Gasteiger charge is -2.40. The third-order valence-corrected chi connectivity index (χ3v) is 11.9. The molecule has 13 heteroatoms. The fourth-order valence-corrected chi connectivity index (χ4v) is 9.35. The van der Waals surface area contributed by atoms with E-state index in [4.69, 9.17) is 0 Å². The number of fused-ring (bicyclic) bond motifs is 1. The number of carbonyl (C=O) groups is 1. The Morgan fingerprint density at radius 1 is 1.00 bits per heavy atom. The van der Waals surface area contributed by atoms with Gasteiger partial charge >= 0.3 is 0 Å². The third kappa shape index (κ3) is 4.71. The number of sulfone groups is 1. The zero-order valence-corrected chi connectivity index (χ0v) is 22.4. The summed E-state index contributed by atoms with van der Waals surface area (Å²) < 4.78 is 53.1. The fourth-order valence-electron chi connectivity index (χ4n) is 4.64. The van der Waals surface area contributed by atoms with E-state index in [0.29, 0.717) is 44.7 Å². The molecule has 4 heterocycles. The number of thiazole rings is 1. The van der Waals surface area contributed by atoms with Gasteiger partial charge in [-0.25, -0.2) is 21.8 Å². The first kappa shape index (κ1) is 24.6. The van der Waals surface area contributed by atoms with Crippen molar-refractivity contribution in [3.63, 3.8) is 0 Å². The number of rotatable bonds is 5. The largest absolute Gasteiger partial charge is 0.345 e. The number of benzene rings is 1. The van der Waals surface area contributed by atoms with Crippen LogP contribution in [0.3, 0.4) is 0 Å². The maximum absolute atomic E-state index is 13.4. The van der Waals surface area contributed by atoms with E-state index in [1.54, 1.807) is 34.5 Å². The number of thiophene rings is 1. The Hall–Kier alpha value is -2.06. The first-order valence-electron chi connectivity index (χ1n) is 11.3. The van der Waals surface area contributed by atoms with Gasteiger partial charge in [-0.1, -0.05) is 29.9 Å². The molecule has 9 nitrogen and oxygen atoms in total. The van der Waals surface area contributed by atoms with E-state index in [9.17, 15) is 21.6 Å². The Kier molecular flexibility index (Phi) is 6.64. The van der Waals surface area contributed by atoms with Crippen molar-refractivity contribution in [1.29, 1.82) is 0 Å². The van der Waals surface area contributed by atoms with Crippen molar-refractivity contribution in [2.45, 2.75) is 34.4 Å². The van der Waals surface area contributed by atoms with Crippen LogP contribution in [0, 0.1) is 0 Å². The second-order valence-corrected chi connectivity index (χ2v) is 14.8. The number of hydrogen-bond donors (Lipinski definition) is 0. The van der Waals surface area contributed by atoms with Crippen LogP contribution in [-0.2, 0) is 24.7 Å². The van der Waals surface area contributed by atoms with Crippen LogP contribution in [0.15, 0.2) is 44.8 Å². The summed E-state index contributed by atoms with van der Waals surface area (Å²) in [6.07, 6.45) is 3.27. The lowest BCUT2D eigenvalue weighted by Crippen LogP contribution is -2.57. The Bertz CT molecular complexity index is 1440. The maximum atomic E-state index is 13.4. The van der Waals surface area contributed by atoms with Gasteiger partial charge in [-0.3, -0.25) is 4.79 Å². The van der Waals surface area contributed by atoms with Crippen molar-refractivity contribution >= 4 is 63.8 Å². The van der Waals surface area contributed by atoms with Crippen LogP contribution < -0.4 is 4.90 Å². The Balaban J connectivity index is 1.31. The van der Waals surface area contributed by atoms with Crippen LogP contribution >= 0.6 is 22.7 Å². The van der Waals surface area contributed by atoms with Gasteiger partial charge in [0.1, 0.15) is 15.8 Å². The highest BCUT2D eigenvalue weighted by molar-refractivity contribution is 7.91. The normalized spacial score (nSPS) is 20.4. The van der Waals surface area contributed by atoms with Crippen molar-refractivity contribution < 1.29 is 21.6 Å². The summed E-state index contributed by atoms with van der Waals surface area (Å²) in [4.78, 5) is 22.1. The second-order valence-electron chi connectivity index (χ2n) is 8.74. The molecule has 0 radical (unpaired) electrons. The van der Waals surface area contributed by atoms with Gasteiger partial charge in [-0.2, -0.15) is 4.31 Å². The summed E-state index contributed by atoms with van der Waals surface area (Å²) in [5, 5.41) is 2.45. The number of aromatic nitrogens is 1. The van der Waals surface area contributed by atoms with Crippen LogP contribution in [-0.4, -0.2) is 82.0 Å². The van der Waals surface area contributed by atoms with Gasteiger partial charge in [-0.05, 0) is 36.4 Å². The zero-order chi connectivity index (χ0) is 24.8. The Morgan fingerprint density at radius 3 is 2.46 bits per heavy atom. The standard InChI is InChI=1S/C22H26N4O5S4/c1-34(28,29)18-8-4-7-17-20(18)23-22(33-17)25-13-11-24(12-14-25)21(27)16-6-2-3-10-26(16)35(30,31)19-9-5-15-32-19/h4-5,7-9,15-16H,2-3,6,10-14H2,1H3. The summed E-state index contributed by atoms with van der Waals surface area (Å²) in [5.74, 6) is -0.145. The monoisotopic (exact) mass is 554 g/mol. The average Bonchev–Trinajstić information content (AvgIpc) is 3.53. The molecule has 5 rings (SSSR count). The smallest absolute Gasteiger partial charge is 0.253 e. The Labute approximate surface area is 213 Å². The van der Waals surface area contributed by atoms with E-state index < -0.39 is 25.9 Å². The summed E-state index contributed by atoms with van der Waals surface area (Å²) in [6, 6.07) is 7.76. The molecule has 35 heavy (non-hydrogen) atoms. The van der Waals surface area contributed by atoms with Crippen LogP contribution in [0.5, 0.6) is 0 Å². The molecule has 0 spiro atoms. The predicted octanol–water partition coefficient (Wildman–Crippen LogP) is 2.65. The quantitative estimate of drug-likeness (QED) is 0.477. The molecule has 1 aromatic carbocycles. The van der Waals surface area contributed by atoms with Gasteiger partial charge in [0.05, 0.1) is 9.60 Å². The van der Waals surface area contributed by atoms with Gasteiger partial charge in [0.15, 0.2) is 15.0 Å². The van der Waals surface area contributed by atoms with Crippen molar-refractivity contribution in [3.05, 3.63) is 35.7 Å². The first-order valence-corrected chi connectivity index (χ1v) is 16.4. The van der Waals surface area contributed by atoms with Crippen LogP contribution in [0.4, 0.5) is 5.13 Å². The van der Waals surface area contributed by atoms with E-state index in [1.165, 1.54) is 33.2 Å². The average molecular weight is 555 g/mol. The number of nitrogens with zero attached hydrogens (tertiary/aromatic N) is 4. The molecule has 0 aliphatic carbocycles. The number of carbonyl (C=O) groups excluding carboxylic acids is 1. The lowest BCUT2D eigenvalue weighted by molar-refractivity contribution is -0.136. The molecule has 2 aromatic heterocycles. The molecule has 2 fully saturated rings. The lowest BCUT2D eigenvalue weighted by atomic mass is 10.0. The van der Waals surface area contributed by atoms with Crippen molar-refractivity contribution in [2.75, 3.05) is 43.9 Å². The van der Waals surface area contributed by atoms with Crippen LogP contribution in [0.25, 0.3) is 10.2 Å². The number of para-hydroxylation sites is 1. The van der Waals surface area contributed by atoms with Gasteiger partial charge in [0.25, 0.3) is 10.0 Å². The van der Waals surface area contributed by atoms with Gasteiger partial charge in [-0.15, -0.1) is 11.3 Å². The number of piperidine rings is 1. The van der Waals surface area contributed by atoms with E-state index in [2.05, 4.69) is 9.88 Å². The summed E-state index contributed by atoms with van der Waals surface area (Å²) in [5.41, 5.74) is 0.477. The topological polar surface area (TPSA) is 108 Å². The summed E-state index contributed by atoms with van der Waals surface area (Å²) in [7, 11) is -7.09. The van der Waals surface area contributed by atoms with Crippen molar-refractivity contribution in [1.82, 2.24) is 14.2 Å². The minimum absolute atomic E-state index is 0.145.